The van der Waals surface area contributed by atoms with Crippen molar-refractivity contribution in [1.29, 1.82) is 0 Å². The summed E-state index contributed by atoms with van der Waals surface area (Å²) in [6.45, 7) is 7.40. The van der Waals surface area contributed by atoms with E-state index in [4.69, 9.17) is 11.6 Å². The average molecular weight is 254 g/mol. The zero-order valence-corrected chi connectivity index (χ0v) is 11.5. The number of hydrogen-bond donors (Lipinski definition) is 0. The van der Waals surface area contributed by atoms with E-state index in [0.717, 1.165) is 29.7 Å². The summed E-state index contributed by atoms with van der Waals surface area (Å²) >= 11 is 5.75. The third kappa shape index (κ3) is 3.47. The van der Waals surface area contributed by atoms with E-state index in [1.807, 2.05) is 36.9 Å². The Kier molecular flexibility index (Phi) is 5.49. The van der Waals surface area contributed by atoms with Crippen molar-refractivity contribution >= 4 is 17.5 Å². The molecule has 0 saturated heterocycles. The minimum atomic E-state index is 0.100. The Morgan fingerprint density at radius 3 is 2.29 bits per heavy atom. The highest BCUT2D eigenvalue weighted by Crippen LogP contribution is 2.16. The normalized spacial score (nSPS) is 10.4. The molecular formula is C14H20ClNO. The first-order valence-corrected chi connectivity index (χ1v) is 6.56. The monoisotopic (exact) mass is 253 g/mol. The van der Waals surface area contributed by atoms with Crippen molar-refractivity contribution in [1.82, 2.24) is 4.90 Å². The smallest absolute Gasteiger partial charge is 0.254 e. The van der Waals surface area contributed by atoms with Gasteiger partial charge in [-0.25, -0.2) is 0 Å². The summed E-state index contributed by atoms with van der Waals surface area (Å²) in [5, 5.41) is 0. The Hall–Kier alpha value is -1.02. The van der Waals surface area contributed by atoms with Gasteiger partial charge in [0.15, 0.2) is 0 Å². The average Bonchev–Trinajstić information content (AvgIpc) is 2.28. The van der Waals surface area contributed by atoms with Crippen molar-refractivity contribution < 1.29 is 4.79 Å². The Morgan fingerprint density at radius 2 is 1.82 bits per heavy atom. The van der Waals surface area contributed by atoms with E-state index in [1.165, 1.54) is 0 Å². The molecule has 0 aliphatic heterocycles. The van der Waals surface area contributed by atoms with Gasteiger partial charge in [-0.3, -0.25) is 4.79 Å². The summed E-state index contributed by atoms with van der Waals surface area (Å²) in [6, 6.07) is 5.93. The van der Waals surface area contributed by atoms with Crippen LogP contribution in [0.4, 0.5) is 0 Å². The fourth-order valence-corrected chi connectivity index (χ4v) is 2.20. The van der Waals surface area contributed by atoms with Gasteiger partial charge in [0.2, 0.25) is 0 Å². The molecule has 0 aliphatic rings. The van der Waals surface area contributed by atoms with E-state index in [-0.39, 0.29) is 5.91 Å². The topological polar surface area (TPSA) is 20.3 Å². The van der Waals surface area contributed by atoms with Gasteiger partial charge in [-0.2, -0.15) is 0 Å². The van der Waals surface area contributed by atoms with Crippen molar-refractivity contribution in [2.75, 3.05) is 19.0 Å². The molecule has 1 aromatic rings. The molecule has 17 heavy (non-hydrogen) atoms. The molecule has 1 amide bonds. The van der Waals surface area contributed by atoms with Gasteiger partial charge in [-0.1, -0.05) is 25.1 Å². The molecule has 0 saturated carbocycles. The zero-order chi connectivity index (χ0) is 12.8. The van der Waals surface area contributed by atoms with Crippen LogP contribution in [0.1, 0.15) is 34.8 Å². The summed E-state index contributed by atoms with van der Waals surface area (Å²) < 4.78 is 0. The van der Waals surface area contributed by atoms with Crippen molar-refractivity contribution in [3.05, 3.63) is 34.9 Å². The summed E-state index contributed by atoms with van der Waals surface area (Å²) in [5.41, 5.74) is 2.89. The minimum absolute atomic E-state index is 0.100. The molecular weight excluding hydrogens is 234 g/mol. The van der Waals surface area contributed by atoms with Gasteiger partial charge >= 0.3 is 0 Å². The summed E-state index contributed by atoms with van der Waals surface area (Å²) in [6.07, 6.45) is 0.952. The molecule has 0 fully saturated rings. The summed E-state index contributed by atoms with van der Waals surface area (Å²) in [5.74, 6) is 0.583. The maximum Gasteiger partial charge on any atom is 0.254 e. The number of hydrogen-bond acceptors (Lipinski definition) is 1. The van der Waals surface area contributed by atoms with Crippen LogP contribution in [-0.4, -0.2) is 29.8 Å². The first-order valence-electron chi connectivity index (χ1n) is 6.03. The zero-order valence-electron chi connectivity index (χ0n) is 10.8. The predicted molar refractivity (Wildman–Crippen MR) is 72.8 cm³/mol. The van der Waals surface area contributed by atoms with Crippen LogP contribution in [-0.2, 0) is 0 Å². The molecule has 1 rings (SSSR count). The molecule has 3 heteroatoms. The molecule has 0 heterocycles. The molecule has 0 bridgehead atoms. The molecule has 2 nitrogen and oxygen atoms in total. The lowest BCUT2D eigenvalue weighted by Crippen LogP contribution is -2.34. The van der Waals surface area contributed by atoms with Crippen LogP contribution in [0.5, 0.6) is 0 Å². The highest BCUT2D eigenvalue weighted by atomic mass is 35.5. The number of alkyl halides is 1. The second kappa shape index (κ2) is 6.65. The van der Waals surface area contributed by atoms with Crippen LogP contribution in [0.15, 0.2) is 18.2 Å². The first kappa shape index (κ1) is 14.0. The number of aryl methyl sites for hydroxylation is 2. The fraction of sp³-hybridized carbons (Fsp3) is 0.500. The SMILES string of the molecule is CCCN(CCCl)C(=O)c1c(C)cccc1C. The van der Waals surface area contributed by atoms with Gasteiger partial charge < -0.3 is 4.90 Å². The van der Waals surface area contributed by atoms with Crippen LogP contribution in [0.25, 0.3) is 0 Å². The number of carbonyl (C=O) groups excluding carboxylic acids is 1. The third-order valence-electron chi connectivity index (χ3n) is 2.83. The van der Waals surface area contributed by atoms with Gasteiger partial charge in [-0.05, 0) is 31.4 Å². The molecule has 0 unspecified atom stereocenters. The second-order valence-corrected chi connectivity index (χ2v) is 4.63. The lowest BCUT2D eigenvalue weighted by Gasteiger charge is -2.23. The van der Waals surface area contributed by atoms with Crippen molar-refractivity contribution in [2.24, 2.45) is 0 Å². The van der Waals surface area contributed by atoms with Crippen molar-refractivity contribution in [3.63, 3.8) is 0 Å². The second-order valence-electron chi connectivity index (χ2n) is 4.25. The molecule has 1 aromatic carbocycles. The van der Waals surface area contributed by atoms with E-state index in [9.17, 15) is 4.79 Å². The molecule has 94 valence electrons. The van der Waals surface area contributed by atoms with E-state index < -0.39 is 0 Å². The summed E-state index contributed by atoms with van der Waals surface area (Å²) in [4.78, 5) is 14.3. The van der Waals surface area contributed by atoms with Gasteiger partial charge in [-0.15, -0.1) is 11.6 Å². The number of rotatable bonds is 5. The largest absolute Gasteiger partial charge is 0.337 e. The lowest BCUT2D eigenvalue weighted by molar-refractivity contribution is 0.0764. The molecule has 0 aliphatic carbocycles. The quantitative estimate of drug-likeness (QED) is 0.737. The van der Waals surface area contributed by atoms with Crippen LogP contribution in [0.2, 0.25) is 0 Å². The lowest BCUT2D eigenvalue weighted by atomic mass is 10.0. The van der Waals surface area contributed by atoms with E-state index in [2.05, 4.69) is 6.92 Å². The Bertz CT molecular complexity index is 364. The van der Waals surface area contributed by atoms with Crippen LogP contribution in [0, 0.1) is 13.8 Å². The Balaban J connectivity index is 3.00. The maximum atomic E-state index is 12.4. The minimum Gasteiger partial charge on any atom is -0.337 e. The van der Waals surface area contributed by atoms with Gasteiger partial charge in [0.1, 0.15) is 0 Å². The van der Waals surface area contributed by atoms with Crippen LogP contribution in [0.3, 0.4) is 0 Å². The standard InChI is InChI=1S/C14H20ClNO/c1-4-9-16(10-8-15)14(17)13-11(2)6-5-7-12(13)3/h5-7H,4,8-10H2,1-3H3. The van der Waals surface area contributed by atoms with Crippen LogP contribution >= 0.6 is 11.6 Å². The van der Waals surface area contributed by atoms with Crippen LogP contribution < -0.4 is 0 Å². The number of nitrogens with zero attached hydrogens (tertiary/aromatic N) is 1. The fourth-order valence-electron chi connectivity index (χ4n) is 2.00. The highest BCUT2D eigenvalue weighted by Gasteiger charge is 2.18. The number of amides is 1. The first-order chi connectivity index (χ1) is 8.11. The molecule has 0 N–H and O–H groups in total. The van der Waals surface area contributed by atoms with Gasteiger partial charge in [0, 0.05) is 24.5 Å². The molecule has 0 radical (unpaired) electrons. The van der Waals surface area contributed by atoms with Gasteiger partial charge in [0.25, 0.3) is 5.91 Å². The molecule has 0 aromatic heterocycles. The maximum absolute atomic E-state index is 12.4. The number of carbonyl (C=O) groups is 1. The van der Waals surface area contributed by atoms with Gasteiger partial charge in [0.05, 0.1) is 0 Å². The van der Waals surface area contributed by atoms with E-state index >= 15 is 0 Å². The summed E-state index contributed by atoms with van der Waals surface area (Å²) in [7, 11) is 0. The number of benzene rings is 1. The highest BCUT2D eigenvalue weighted by molar-refractivity contribution is 6.18. The van der Waals surface area contributed by atoms with Crippen molar-refractivity contribution in [2.45, 2.75) is 27.2 Å². The molecule has 0 atom stereocenters. The number of halogens is 1. The molecule has 0 spiro atoms. The van der Waals surface area contributed by atoms with E-state index in [0.29, 0.717) is 12.4 Å². The Labute approximate surface area is 109 Å². The Morgan fingerprint density at radius 1 is 1.24 bits per heavy atom. The van der Waals surface area contributed by atoms with Crippen molar-refractivity contribution in [3.8, 4) is 0 Å². The predicted octanol–water partition coefficient (Wildman–Crippen LogP) is 3.39. The third-order valence-corrected chi connectivity index (χ3v) is 3.00. The van der Waals surface area contributed by atoms with E-state index in [1.54, 1.807) is 0 Å².